The monoisotopic (exact) mass is 247 g/mol. The lowest BCUT2D eigenvalue weighted by atomic mass is 10.2. The lowest BCUT2D eigenvalue weighted by molar-refractivity contribution is 0.204. The zero-order chi connectivity index (χ0) is 12.2. The van der Waals surface area contributed by atoms with Crippen LogP contribution < -0.4 is 4.72 Å². The minimum Gasteiger partial charge on any atom is -0.383 e. The van der Waals surface area contributed by atoms with Crippen molar-refractivity contribution >= 4 is 10.0 Å². The van der Waals surface area contributed by atoms with Crippen LogP contribution in [0.1, 0.15) is 5.56 Å². The van der Waals surface area contributed by atoms with Crippen molar-refractivity contribution in [3.05, 3.63) is 29.6 Å². The molecule has 0 unspecified atom stereocenters. The molecule has 0 aliphatic carbocycles. The highest BCUT2D eigenvalue weighted by molar-refractivity contribution is 7.89. The fourth-order valence-corrected chi connectivity index (χ4v) is 2.24. The second-order valence-electron chi connectivity index (χ2n) is 3.30. The van der Waals surface area contributed by atoms with Gasteiger partial charge < -0.3 is 4.74 Å². The summed E-state index contributed by atoms with van der Waals surface area (Å²) in [6, 6.07) is 3.67. The molecule has 1 N–H and O–H groups in total. The van der Waals surface area contributed by atoms with Crippen LogP contribution in [0.15, 0.2) is 23.1 Å². The number of rotatable bonds is 5. The van der Waals surface area contributed by atoms with Gasteiger partial charge in [0.05, 0.1) is 11.5 Å². The molecule has 0 radical (unpaired) electrons. The van der Waals surface area contributed by atoms with Crippen LogP contribution in [-0.4, -0.2) is 28.7 Å². The Bertz CT molecular complexity index is 459. The fourth-order valence-electron chi connectivity index (χ4n) is 1.15. The molecule has 6 heteroatoms. The number of benzene rings is 1. The Hall–Kier alpha value is -0.980. The predicted octanol–water partition coefficient (Wildman–Crippen LogP) is 1.06. The summed E-state index contributed by atoms with van der Waals surface area (Å²) in [6.07, 6.45) is 0. The van der Waals surface area contributed by atoms with E-state index in [0.717, 1.165) is 6.07 Å². The van der Waals surface area contributed by atoms with Gasteiger partial charge in [-0.3, -0.25) is 0 Å². The van der Waals surface area contributed by atoms with Gasteiger partial charge in [0.2, 0.25) is 10.0 Å². The Labute approximate surface area is 94.5 Å². The van der Waals surface area contributed by atoms with E-state index in [2.05, 4.69) is 4.72 Å². The van der Waals surface area contributed by atoms with Gasteiger partial charge in [0, 0.05) is 13.7 Å². The van der Waals surface area contributed by atoms with Crippen molar-refractivity contribution in [1.29, 1.82) is 0 Å². The molecule has 0 saturated heterocycles. The molecular formula is C10H14FNO3S. The van der Waals surface area contributed by atoms with Gasteiger partial charge in [0.25, 0.3) is 0 Å². The summed E-state index contributed by atoms with van der Waals surface area (Å²) in [5, 5.41) is 0. The maximum atomic E-state index is 13.0. The van der Waals surface area contributed by atoms with Gasteiger partial charge in [0.1, 0.15) is 5.82 Å². The van der Waals surface area contributed by atoms with Crippen LogP contribution in [0, 0.1) is 12.7 Å². The van der Waals surface area contributed by atoms with Crippen molar-refractivity contribution in [2.75, 3.05) is 20.3 Å². The Balaban J connectivity index is 2.86. The molecule has 0 heterocycles. The van der Waals surface area contributed by atoms with Gasteiger partial charge in [0.15, 0.2) is 0 Å². The second-order valence-corrected chi connectivity index (χ2v) is 5.07. The number of methoxy groups -OCH3 is 1. The van der Waals surface area contributed by atoms with Crippen molar-refractivity contribution in [1.82, 2.24) is 4.72 Å². The molecule has 0 spiro atoms. The third kappa shape index (κ3) is 3.26. The van der Waals surface area contributed by atoms with Crippen molar-refractivity contribution in [3.8, 4) is 0 Å². The van der Waals surface area contributed by atoms with Crippen LogP contribution in [-0.2, 0) is 14.8 Å². The first-order chi connectivity index (χ1) is 7.47. The molecule has 0 bridgehead atoms. The van der Waals surface area contributed by atoms with E-state index in [9.17, 15) is 12.8 Å². The molecule has 0 aliphatic rings. The van der Waals surface area contributed by atoms with Crippen molar-refractivity contribution in [2.45, 2.75) is 11.8 Å². The molecule has 0 saturated carbocycles. The lowest BCUT2D eigenvalue weighted by Gasteiger charge is -2.07. The molecular weight excluding hydrogens is 233 g/mol. The summed E-state index contributed by atoms with van der Waals surface area (Å²) < 4.78 is 43.4. The SMILES string of the molecule is COCCNS(=O)(=O)c1ccc(F)c(C)c1. The van der Waals surface area contributed by atoms with Crippen LogP contribution in [0.3, 0.4) is 0 Å². The van der Waals surface area contributed by atoms with E-state index in [1.807, 2.05) is 0 Å². The molecule has 16 heavy (non-hydrogen) atoms. The van der Waals surface area contributed by atoms with Crippen molar-refractivity contribution in [2.24, 2.45) is 0 Å². The third-order valence-electron chi connectivity index (χ3n) is 2.04. The average Bonchev–Trinajstić information content (AvgIpc) is 2.22. The summed E-state index contributed by atoms with van der Waals surface area (Å²) in [4.78, 5) is 0.0579. The first-order valence-corrected chi connectivity index (χ1v) is 6.20. The van der Waals surface area contributed by atoms with Gasteiger partial charge in [-0.15, -0.1) is 0 Å². The first kappa shape index (κ1) is 13.1. The standard InChI is InChI=1S/C10H14FNO3S/c1-8-7-9(3-4-10(8)11)16(13,14)12-5-6-15-2/h3-4,7,12H,5-6H2,1-2H3. The highest BCUT2D eigenvalue weighted by Gasteiger charge is 2.14. The quantitative estimate of drug-likeness (QED) is 0.791. The van der Waals surface area contributed by atoms with E-state index in [1.165, 1.54) is 26.2 Å². The highest BCUT2D eigenvalue weighted by Crippen LogP contribution is 2.13. The Kier molecular flexibility index (Phi) is 4.40. The molecule has 1 aromatic rings. The smallest absolute Gasteiger partial charge is 0.240 e. The predicted molar refractivity (Wildman–Crippen MR) is 58.2 cm³/mol. The number of hydrogen-bond acceptors (Lipinski definition) is 3. The minimum absolute atomic E-state index is 0.0579. The molecule has 90 valence electrons. The first-order valence-electron chi connectivity index (χ1n) is 4.72. The number of hydrogen-bond donors (Lipinski definition) is 1. The number of aryl methyl sites for hydroxylation is 1. The number of ether oxygens (including phenoxy) is 1. The average molecular weight is 247 g/mol. The summed E-state index contributed by atoms with van der Waals surface area (Å²) in [5.74, 6) is -0.421. The van der Waals surface area contributed by atoms with E-state index in [4.69, 9.17) is 4.74 Å². The number of halogens is 1. The topological polar surface area (TPSA) is 55.4 Å². The molecule has 4 nitrogen and oxygen atoms in total. The van der Waals surface area contributed by atoms with Crippen LogP contribution in [0.5, 0.6) is 0 Å². The van der Waals surface area contributed by atoms with Crippen LogP contribution >= 0.6 is 0 Å². The van der Waals surface area contributed by atoms with Gasteiger partial charge in [-0.25, -0.2) is 17.5 Å². The normalized spacial score (nSPS) is 11.7. The fraction of sp³-hybridized carbons (Fsp3) is 0.400. The van der Waals surface area contributed by atoms with Gasteiger partial charge >= 0.3 is 0 Å². The summed E-state index contributed by atoms with van der Waals surface area (Å²) >= 11 is 0. The summed E-state index contributed by atoms with van der Waals surface area (Å²) in [7, 11) is -2.09. The zero-order valence-electron chi connectivity index (χ0n) is 9.16. The minimum atomic E-state index is -3.57. The molecule has 1 aromatic carbocycles. The van der Waals surface area contributed by atoms with Crippen LogP contribution in [0.4, 0.5) is 4.39 Å². The van der Waals surface area contributed by atoms with E-state index >= 15 is 0 Å². The molecule has 0 fully saturated rings. The molecule has 1 rings (SSSR count). The lowest BCUT2D eigenvalue weighted by Crippen LogP contribution is -2.27. The third-order valence-corrected chi connectivity index (χ3v) is 3.50. The Morgan fingerprint density at radius 3 is 2.69 bits per heavy atom. The molecule has 0 atom stereocenters. The second kappa shape index (κ2) is 5.38. The Morgan fingerprint density at radius 1 is 1.44 bits per heavy atom. The van der Waals surface area contributed by atoms with Crippen LogP contribution in [0.2, 0.25) is 0 Å². The van der Waals surface area contributed by atoms with Crippen molar-refractivity contribution in [3.63, 3.8) is 0 Å². The largest absolute Gasteiger partial charge is 0.383 e. The van der Waals surface area contributed by atoms with Gasteiger partial charge in [-0.05, 0) is 30.7 Å². The van der Waals surface area contributed by atoms with Gasteiger partial charge in [-0.1, -0.05) is 0 Å². The van der Waals surface area contributed by atoms with Crippen molar-refractivity contribution < 1.29 is 17.5 Å². The molecule has 0 amide bonds. The highest BCUT2D eigenvalue weighted by atomic mass is 32.2. The van der Waals surface area contributed by atoms with Crippen LogP contribution in [0.25, 0.3) is 0 Å². The maximum absolute atomic E-state index is 13.0. The van der Waals surface area contributed by atoms with E-state index in [0.29, 0.717) is 12.2 Å². The number of nitrogens with one attached hydrogen (secondary N) is 1. The summed E-state index contributed by atoms with van der Waals surface area (Å²) in [6.45, 7) is 2.00. The van der Waals surface area contributed by atoms with Gasteiger partial charge in [-0.2, -0.15) is 0 Å². The molecule has 0 aliphatic heterocycles. The molecule has 0 aromatic heterocycles. The van der Waals surface area contributed by atoms with E-state index in [-0.39, 0.29) is 11.4 Å². The number of sulfonamides is 1. The van der Waals surface area contributed by atoms with E-state index in [1.54, 1.807) is 0 Å². The van der Waals surface area contributed by atoms with E-state index < -0.39 is 15.8 Å². The maximum Gasteiger partial charge on any atom is 0.240 e. The zero-order valence-corrected chi connectivity index (χ0v) is 9.97. The Morgan fingerprint density at radius 2 is 2.12 bits per heavy atom. The summed E-state index contributed by atoms with van der Waals surface area (Å²) in [5.41, 5.74) is 0.301.